The summed E-state index contributed by atoms with van der Waals surface area (Å²) in [5.74, 6) is 2.74. The van der Waals surface area contributed by atoms with E-state index in [0.717, 1.165) is 40.8 Å². The maximum Gasteiger partial charge on any atom is 0.150 e. The molecule has 1 aliphatic rings. The molecule has 1 saturated heterocycles. The van der Waals surface area contributed by atoms with E-state index in [-0.39, 0.29) is 0 Å². The molecule has 0 atom stereocenters. The smallest absolute Gasteiger partial charge is 0.150 e. The van der Waals surface area contributed by atoms with Crippen molar-refractivity contribution < 1.29 is 0 Å². The van der Waals surface area contributed by atoms with Crippen LogP contribution in [0.1, 0.15) is 42.3 Å². The first-order chi connectivity index (χ1) is 12.8. The summed E-state index contributed by atoms with van der Waals surface area (Å²) in [6.07, 6.45) is 4.68. The van der Waals surface area contributed by atoms with Crippen molar-refractivity contribution in [2.24, 2.45) is 5.92 Å². The molecule has 3 aromatic rings. The second-order valence-electron chi connectivity index (χ2n) is 8.03. The van der Waals surface area contributed by atoms with Crippen LogP contribution in [0.5, 0.6) is 0 Å². The molecule has 0 aliphatic carbocycles. The molecular weight excluding hydrogens is 400 g/mol. The number of aromatic nitrogens is 3. The number of benzene rings is 1. The van der Waals surface area contributed by atoms with Gasteiger partial charge in [0.15, 0.2) is 5.65 Å². The van der Waals surface area contributed by atoms with Crippen molar-refractivity contribution in [3.8, 4) is 5.69 Å². The molecule has 2 aromatic heterocycles. The molecule has 0 radical (unpaired) electrons. The zero-order chi connectivity index (χ0) is 19.3. The summed E-state index contributed by atoms with van der Waals surface area (Å²) in [6.45, 7) is 13.0. The Labute approximate surface area is 169 Å². The average molecular weight is 427 g/mol. The fraction of sp³-hybridized carbons (Fsp3) is 0.455. The molecule has 0 bridgehead atoms. The molecule has 0 amide bonds. The molecule has 4 rings (SSSR count). The SMILES string of the molecule is Cc1nc(N2CCC(C)CC2)c2c(C)cn(-c3c(C)cc(Br)cc3C)c2n1. The lowest BCUT2D eigenvalue weighted by Crippen LogP contribution is -2.33. The molecule has 3 heterocycles. The Kier molecular flexibility index (Phi) is 4.75. The van der Waals surface area contributed by atoms with Crippen molar-refractivity contribution in [1.29, 1.82) is 0 Å². The van der Waals surface area contributed by atoms with Crippen LogP contribution in [0.4, 0.5) is 5.82 Å². The van der Waals surface area contributed by atoms with Crippen molar-refractivity contribution in [1.82, 2.24) is 14.5 Å². The number of fused-ring (bicyclic) bond motifs is 1. The number of halogens is 1. The molecule has 4 nitrogen and oxygen atoms in total. The van der Waals surface area contributed by atoms with Gasteiger partial charge in [0.1, 0.15) is 11.6 Å². The molecule has 1 aliphatic heterocycles. The first kappa shape index (κ1) is 18.5. The molecule has 0 N–H and O–H groups in total. The second kappa shape index (κ2) is 6.93. The Hall–Kier alpha value is -1.88. The number of hydrogen-bond donors (Lipinski definition) is 0. The number of aryl methyl sites for hydroxylation is 4. The van der Waals surface area contributed by atoms with Crippen molar-refractivity contribution in [3.05, 3.63) is 45.3 Å². The third-order valence-electron chi connectivity index (χ3n) is 5.71. The third-order valence-corrected chi connectivity index (χ3v) is 6.17. The summed E-state index contributed by atoms with van der Waals surface area (Å²) in [7, 11) is 0. The van der Waals surface area contributed by atoms with Crippen LogP contribution < -0.4 is 4.90 Å². The van der Waals surface area contributed by atoms with Gasteiger partial charge >= 0.3 is 0 Å². The number of hydrogen-bond acceptors (Lipinski definition) is 3. The average Bonchev–Trinajstić information content (AvgIpc) is 2.90. The minimum atomic E-state index is 0.804. The van der Waals surface area contributed by atoms with E-state index in [1.54, 1.807) is 0 Å². The van der Waals surface area contributed by atoms with Crippen LogP contribution >= 0.6 is 15.9 Å². The zero-order valence-electron chi connectivity index (χ0n) is 16.8. The van der Waals surface area contributed by atoms with E-state index in [1.165, 1.54) is 40.6 Å². The van der Waals surface area contributed by atoms with Crippen LogP contribution in [0, 0.1) is 33.6 Å². The van der Waals surface area contributed by atoms with Crippen LogP contribution in [0.15, 0.2) is 22.8 Å². The van der Waals surface area contributed by atoms with Gasteiger partial charge in [0.05, 0.1) is 11.1 Å². The highest BCUT2D eigenvalue weighted by molar-refractivity contribution is 9.10. The number of anilines is 1. The lowest BCUT2D eigenvalue weighted by Gasteiger charge is -2.31. The summed E-state index contributed by atoms with van der Waals surface area (Å²) < 4.78 is 3.37. The lowest BCUT2D eigenvalue weighted by molar-refractivity contribution is 0.437. The summed E-state index contributed by atoms with van der Waals surface area (Å²) >= 11 is 3.61. The van der Waals surface area contributed by atoms with Crippen molar-refractivity contribution in [3.63, 3.8) is 0 Å². The predicted octanol–water partition coefficient (Wildman–Crippen LogP) is 5.65. The Morgan fingerprint density at radius 2 is 1.59 bits per heavy atom. The zero-order valence-corrected chi connectivity index (χ0v) is 18.4. The Morgan fingerprint density at radius 3 is 2.22 bits per heavy atom. The van der Waals surface area contributed by atoms with Gasteiger partial charge in [-0.1, -0.05) is 22.9 Å². The Morgan fingerprint density at radius 1 is 0.963 bits per heavy atom. The lowest BCUT2D eigenvalue weighted by atomic mass is 9.99. The highest BCUT2D eigenvalue weighted by Gasteiger charge is 2.23. The maximum absolute atomic E-state index is 4.87. The maximum atomic E-state index is 4.87. The first-order valence-electron chi connectivity index (χ1n) is 9.73. The predicted molar refractivity (Wildman–Crippen MR) is 116 cm³/mol. The van der Waals surface area contributed by atoms with Gasteiger partial charge in [-0.05, 0) is 75.3 Å². The van der Waals surface area contributed by atoms with E-state index in [2.05, 4.69) is 71.4 Å². The normalized spacial score (nSPS) is 15.7. The van der Waals surface area contributed by atoms with E-state index < -0.39 is 0 Å². The third kappa shape index (κ3) is 3.27. The number of nitrogens with zero attached hydrogens (tertiary/aromatic N) is 4. The van der Waals surface area contributed by atoms with Crippen LogP contribution in [0.3, 0.4) is 0 Å². The van der Waals surface area contributed by atoms with Crippen molar-refractivity contribution in [2.75, 3.05) is 18.0 Å². The molecule has 0 saturated carbocycles. The fourth-order valence-corrected chi connectivity index (χ4v) is 4.98. The molecular formula is C22H27BrN4. The molecule has 0 unspecified atom stereocenters. The monoisotopic (exact) mass is 426 g/mol. The quantitative estimate of drug-likeness (QED) is 0.530. The number of rotatable bonds is 2. The van der Waals surface area contributed by atoms with E-state index in [4.69, 9.17) is 9.97 Å². The van der Waals surface area contributed by atoms with Crippen LogP contribution in [0.2, 0.25) is 0 Å². The highest BCUT2D eigenvalue weighted by Crippen LogP contribution is 2.34. The molecule has 5 heteroatoms. The second-order valence-corrected chi connectivity index (χ2v) is 8.95. The molecule has 0 spiro atoms. The van der Waals surface area contributed by atoms with E-state index in [0.29, 0.717) is 0 Å². The van der Waals surface area contributed by atoms with Crippen LogP contribution in [-0.2, 0) is 0 Å². The van der Waals surface area contributed by atoms with Gasteiger partial charge in [0, 0.05) is 23.8 Å². The Bertz CT molecular complexity index is 990. The van der Waals surface area contributed by atoms with Gasteiger partial charge in [-0.3, -0.25) is 0 Å². The molecule has 1 aromatic carbocycles. The summed E-state index contributed by atoms with van der Waals surface area (Å²) in [5.41, 5.74) is 5.95. The van der Waals surface area contributed by atoms with Crippen LogP contribution in [-0.4, -0.2) is 27.6 Å². The number of piperidine rings is 1. The first-order valence-corrected chi connectivity index (χ1v) is 10.5. The summed E-state index contributed by atoms with van der Waals surface area (Å²) in [6, 6.07) is 4.34. The van der Waals surface area contributed by atoms with Gasteiger partial charge in [0.25, 0.3) is 0 Å². The van der Waals surface area contributed by atoms with Gasteiger partial charge in [-0.15, -0.1) is 0 Å². The highest BCUT2D eigenvalue weighted by atomic mass is 79.9. The topological polar surface area (TPSA) is 34.0 Å². The fourth-order valence-electron chi connectivity index (χ4n) is 4.29. The molecule has 142 valence electrons. The van der Waals surface area contributed by atoms with Gasteiger partial charge in [0.2, 0.25) is 0 Å². The van der Waals surface area contributed by atoms with Gasteiger partial charge < -0.3 is 9.47 Å². The van der Waals surface area contributed by atoms with E-state index in [1.807, 2.05) is 6.92 Å². The van der Waals surface area contributed by atoms with Crippen molar-refractivity contribution in [2.45, 2.75) is 47.5 Å². The van der Waals surface area contributed by atoms with E-state index in [9.17, 15) is 0 Å². The standard InChI is InChI=1S/C22H27BrN4/c1-13-6-8-26(9-7-13)21-19-16(4)12-27(22(19)25-17(5)24-21)20-14(2)10-18(23)11-15(20)3/h10-13H,6-9H2,1-5H3. The minimum absolute atomic E-state index is 0.804. The summed E-state index contributed by atoms with van der Waals surface area (Å²) in [5, 5.41) is 1.19. The molecule has 1 fully saturated rings. The molecule has 27 heavy (non-hydrogen) atoms. The van der Waals surface area contributed by atoms with E-state index >= 15 is 0 Å². The van der Waals surface area contributed by atoms with Crippen LogP contribution in [0.25, 0.3) is 16.7 Å². The largest absolute Gasteiger partial charge is 0.356 e. The minimum Gasteiger partial charge on any atom is -0.356 e. The Balaban J connectivity index is 1.93. The summed E-state index contributed by atoms with van der Waals surface area (Å²) in [4.78, 5) is 12.2. The van der Waals surface area contributed by atoms with Gasteiger partial charge in [-0.2, -0.15) is 0 Å². The van der Waals surface area contributed by atoms with Crippen molar-refractivity contribution >= 4 is 32.8 Å². The van der Waals surface area contributed by atoms with Gasteiger partial charge in [-0.25, -0.2) is 9.97 Å².